The Hall–Kier alpha value is -1.57. The fourth-order valence-electron chi connectivity index (χ4n) is 2.43. The van der Waals surface area contributed by atoms with Crippen molar-refractivity contribution >= 4 is 11.8 Å². The molecule has 0 aliphatic carbocycles. The zero-order valence-electron chi connectivity index (χ0n) is 12.2. The van der Waals surface area contributed by atoms with E-state index in [2.05, 4.69) is 25.5 Å². The van der Waals surface area contributed by atoms with Crippen molar-refractivity contribution in [2.75, 3.05) is 37.3 Å². The summed E-state index contributed by atoms with van der Waals surface area (Å²) in [6, 6.07) is 0.963. The van der Waals surface area contributed by atoms with Crippen LogP contribution >= 0.6 is 0 Å². The van der Waals surface area contributed by atoms with Gasteiger partial charge in [-0.3, -0.25) is 0 Å². The molecule has 0 amide bonds. The highest BCUT2D eigenvalue weighted by molar-refractivity contribution is 5.43. The molecule has 0 radical (unpaired) electrons. The molecule has 1 aromatic heterocycles. The lowest BCUT2D eigenvalue weighted by Gasteiger charge is -2.22. The van der Waals surface area contributed by atoms with Gasteiger partial charge in [0.1, 0.15) is 5.82 Å². The molecule has 2 heterocycles. The highest BCUT2D eigenvalue weighted by Gasteiger charge is 2.33. The van der Waals surface area contributed by atoms with E-state index < -0.39 is 11.9 Å². The second-order valence-corrected chi connectivity index (χ2v) is 5.26. The molecule has 0 aromatic carbocycles. The van der Waals surface area contributed by atoms with Gasteiger partial charge in [0.2, 0.25) is 5.95 Å². The van der Waals surface area contributed by atoms with Gasteiger partial charge in [0.15, 0.2) is 5.69 Å². The van der Waals surface area contributed by atoms with Crippen LogP contribution in [0.3, 0.4) is 0 Å². The fourth-order valence-corrected chi connectivity index (χ4v) is 2.43. The topological polar surface area (TPSA) is 53.1 Å². The molecule has 1 saturated heterocycles. The molecule has 21 heavy (non-hydrogen) atoms. The van der Waals surface area contributed by atoms with Crippen molar-refractivity contribution in [1.82, 2.24) is 14.9 Å². The Morgan fingerprint density at radius 3 is 2.52 bits per heavy atom. The van der Waals surface area contributed by atoms with Crippen molar-refractivity contribution in [2.24, 2.45) is 0 Å². The number of hydrogen-bond acceptors (Lipinski definition) is 5. The van der Waals surface area contributed by atoms with Crippen LogP contribution in [0.25, 0.3) is 0 Å². The number of aromatic nitrogens is 2. The lowest BCUT2D eigenvalue weighted by Crippen LogP contribution is -2.33. The highest BCUT2D eigenvalue weighted by Crippen LogP contribution is 2.29. The molecule has 2 N–H and O–H groups in total. The van der Waals surface area contributed by atoms with E-state index in [0.717, 1.165) is 25.7 Å². The summed E-state index contributed by atoms with van der Waals surface area (Å²) in [7, 11) is 1.49. The van der Waals surface area contributed by atoms with Crippen molar-refractivity contribution in [3.05, 3.63) is 11.8 Å². The van der Waals surface area contributed by atoms with Gasteiger partial charge in [-0.15, -0.1) is 0 Å². The third-order valence-corrected chi connectivity index (χ3v) is 3.37. The fraction of sp³-hybridized carbons (Fsp3) is 0.692. The van der Waals surface area contributed by atoms with Gasteiger partial charge in [-0.1, -0.05) is 0 Å². The average Bonchev–Trinajstić information content (AvgIpc) is 2.89. The third kappa shape index (κ3) is 4.45. The van der Waals surface area contributed by atoms with E-state index in [1.54, 1.807) is 0 Å². The molecule has 0 bridgehead atoms. The van der Waals surface area contributed by atoms with Gasteiger partial charge in [0, 0.05) is 25.7 Å². The van der Waals surface area contributed by atoms with E-state index in [9.17, 15) is 13.2 Å². The van der Waals surface area contributed by atoms with Crippen LogP contribution in [0.1, 0.15) is 25.5 Å². The van der Waals surface area contributed by atoms with Crippen molar-refractivity contribution in [3.63, 3.8) is 0 Å². The molecule has 1 unspecified atom stereocenters. The van der Waals surface area contributed by atoms with E-state index >= 15 is 0 Å². The lowest BCUT2D eigenvalue weighted by molar-refractivity contribution is -0.141. The zero-order valence-corrected chi connectivity index (χ0v) is 12.2. The molecule has 0 saturated carbocycles. The highest BCUT2D eigenvalue weighted by atomic mass is 19.4. The maximum atomic E-state index is 12.8. The summed E-state index contributed by atoms with van der Waals surface area (Å²) < 4.78 is 38.4. The first kappa shape index (κ1) is 15.8. The van der Waals surface area contributed by atoms with Crippen LogP contribution < -0.4 is 10.6 Å². The molecule has 2 rings (SSSR count). The van der Waals surface area contributed by atoms with E-state index in [0.29, 0.717) is 0 Å². The number of nitrogens with zero attached hydrogens (tertiary/aromatic N) is 3. The third-order valence-electron chi connectivity index (χ3n) is 3.37. The van der Waals surface area contributed by atoms with Crippen molar-refractivity contribution in [2.45, 2.75) is 32.0 Å². The maximum Gasteiger partial charge on any atom is 0.433 e. The Morgan fingerprint density at radius 1 is 1.29 bits per heavy atom. The van der Waals surface area contributed by atoms with Crippen LogP contribution in [0.5, 0.6) is 0 Å². The number of hydrogen-bond donors (Lipinski definition) is 2. The normalized spacial score (nSPS) is 17.8. The smallest absolute Gasteiger partial charge is 0.366 e. The molecule has 0 spiro atoms. The number of anilines is 2. The molecule has 1 fully saturated rings. The Morgan fingerprint density at radius 2 is 1.95 bits per heavy atom. The predicted octanol–water partition coefficient (Wildman–Crippen LogP) is 2.43. The number of halogens is 3. The summed E-state index contributed by atoms with van der Waals surface area (Å²) in [4.78, 5) is 9.76. The predicted molar refractivity (Wildman–Crippen MR) is 75.3 cm³/mol. The summed E-state index contributed by atoms with van der Waals surface area (Å²) >= 11 is 0. The first-order valence-electron chi connectivity index (χ1n) is 7.01. The van der Waals surface area contributed by atoms with Crippen LogP contribution in [-0.4, -0.2) is 47.6 Å². The molecule has 118 valence electrons. The first-order valence-corrected chi connectivity index (χ1v) is 7.01. The second-order valence-electron chi connectivity index (χ2n) is 5.26. The molecule has 1 aromatic rings. The largest absolute Gasteiger partial charge is 0.433 e. The number of alkyl halides is 3. The van der Waals surface area contributed by atoms with Crippen LogP contribution in [0.4, 0.5) is 24.9 Å². The average molecular weight is 303 g/mol. The van der Waals surface area contributed by atoms with E-state index in [1.165, 1.54) is 19.9 Å². The van der Waals surface area contributed by atoms with Gasteiger partial charge < -0.3 is 15.5 Å². The standard InChI is InChI=1S/C13H20F3N5/c1-9(8-21-5-3-4-6-21)18-11-7-10(13(14,15)16)19-12(17-2)20-11/h7,9H,3-6,8H2,1-2H3,(H2,17,18,19,20). The SMILES string of the molecule is CNc1nc(NC(C)CN2CCCC2)cc(C(F)(F)F)n1. The molecule has 1 atom stereocenters. The minimum atomic E-state index is -4.48. The van der Waals surface area contributed by atoms with Crippen LogP contribution in [0.15, 0.2) is 6.07 Å². The van der Waals surface area contributed by atoms with Gasteiger partial charge in [-0.25, -0.2) is 4.98 Å². The Balaban J connectivity index is 2.07. The van der Waals surface area contributed by atoms with E-state index in [1.807, 2.05) is 6.92 Å². The molecule has 1 aliphatic heterocycles. The first-order chi connectivity index (χ1) is 9.88. The number of likely N-dealkylation sites (tertiary alicyclic amines) is 1. The summed E-state index contributed by atoms with van der Waals surface area (Å²) in [6.07, 6.45) is -2.12. The van der Waals surface area contributed by atoms with Crippen molar-refractivity contribution in [3.8, 4) is 0 Å². The van der Waals surface area contributed by atoms with Crippen LogP contribution in [0.2, 0.25) is 0 Å². The van der Waals surface area contributed by atoms with E-state index in [4.69, 9.17) is 0 Å². The number of nitrogens with one attached hydrogen (secondary N) is 2. The second kappa shape index (κ2) is 6.46. The van der Waals surface area contributed by atoms with Crippen molar-refractivity contribution in [1.29, 1.82) is 0 Å². The van der Waals surface area contributed by atoms with E-state index in [-0.39, 0.29) is 17.8 Å². The summed E-state index contributed by atoms with van der Waals surface area (Å²) in [5, 5.41) is 5.58. The van der Waals surface area contributed by atoms with Crippen LogP contribution in [0, 0.1) is 0 Å². The molecule has 5 nitrogen and oxygen atoms in total. The molecule has 1 aliphatic rings. The molecular formula is C13H20F3N5. The lowest BCUT2D eigenvalue weighted by atomic mass is 10.3. The Kier molecular flexibility index (Phi) is 4.87. The summed E-state index contributed by atoms with van der Waals surface area (Å²) in [5.74, 6) is 0.147. The van der Waals surface area contributed by atoms with Crippen LogP contribution in [-0.2, 0) is 6.18 Å². The number of rotatable bonds is 5. The van der Waals surface area contributed by atoms with Gasteiger partial charge in [0.05, 0.1) is 0 Å². The zero-order chi connectivity index (χ0) is 15.5. The van der Waals surface area contributed by atoms with Gasteiger partial charge >= 0.3 is 6.18 Å². The Bertz CT molecular complexity index is 471. The monoisotopic (exact) mass is 303 g/mol. The summed E-state index contributed by atoms with van der Waals surface area (Å²) in [6.45, 7) is 4.82. The van der Waals surface area contributed by atoms with Crippen molar-refractivity contribution < 1.29 is 13.2 Å². The molecular weight excluding hydrogens is 283 g/mol. The van der Waals surface area contributed by atoms with Gasteiger partial charge in [-0.05, 0) is 32.9 Å². The minimum absolute atomic E-state index is 0.0174. The molecule has 8 heteroatoms. The Labute approximate surface area is 122 Å². The summed E-state index contributed by atoms with van der Waals surface area (Å²) in [5.41, 5.74) is -0.947. The maximum absolute atomic E-state index is 12.8. The van der Waals surface area contributed by atoms with Gasteiger partial charge in [0.25, 0.3) is 0 Å². The minimum Gasteiger partial charge on any atom is -0.366 e. The quantitative estimate of drug-likeness (QED) is 0.875. The van der Waals surface area contributed by atoms with Gasteiger partial charge in [-0.2, -0.15) is 18.2 Å².